The van der Waals surface area contributed by atoms with Crippen molar-refractivity contribution in [2.45, 2.75) is 51.9 Å². The monoisotopic (exact) mass is 540 g/mol. The van der Waals surface area contributed by atoms with Gasteiger partial charge in [-0.2, -0.15) is 22.0 Å². The molecular weight excluding hydrogens is 519 g/mol. The van der Waals surface area contributed by atoms with Crippen molar-refractivity contribution >= 4 is 11.6 Å². The minimum atomic E-state index is -4.51. The standard InChI is InChI=1S/C24H22ClF5N6O/c1-3-15-6-4-5-7-18(15)36-21(23(2,26)27)31-19(32-36)14-35-22(37)34(13-12-24(28,29)30)20(33-35)16-8-10-17(25)11-9-16/h4-11H,3,12-14H2,1-2H3. The first-order chi connectivity index (χ1) is 17.4. The summed E-state index contributed by atoms with van der Waals surface area (Å²) in [5.41, 5.74) is 0.663. The van der Waals surface area contributed by atoms with Crippen LogP contribution in [0.5, 0.6) is 0 Å². The number of benzene rings is 2. The number of aromatic nitrogens is 6. The summed E-state index contributed by atoms with van der Waals surface area (Å²) in [6, 6.07) is 12.9. The molecule has 0 aliphatic carbocycles. The fourth-order valence-electron chi connectivity index (χ4n) is 3.82. The molecule has 0 fully saturated rings. The molecule has 0 saturated carbocycles. The zero-order valence-corrected chi connectivity index (χ0v) is 20.6. The van der Waals surface area contributed by atoms with Crippen molar-refractivity contribution in [1.29, 1.82) is 0 Å². The quantitative estimate of drug-likeness (QED) is 0.272. The van der Waals surface area contributed by atoms with Gasteiger partial charge >= 0.3 is 17.8 Å². The number of hydrogen-bond acceptors (Lipinski definition) is 4. The van der Waals surface area contributed by atoms with Gasteiger partial charge in [0.05, 0.1) is 12.1 Å². The van der Waals surface area contributed by atoms with Crippen molar-refractivity contribution in [3.8, 4) is 17.1 Å². The lowest BCUT2D eigenvalue weighted by molar-refractivity contribution is -0.136. The Labute approximate surface area is 213 Å². The molecule has 7 nitrogen and oxygen atoms in total. The van der Waals surface area contributed by atoms with E-state index in [1.807, 2.05) is 6.92 Å². The van der Waals surface area contributed by atoms with E-state index in [-0.39, 0.29) is 11.6 Å². The zero-order chi connectivity index (χ0) is 27.0. The summed E-state index contributed by atoms with van der Waals surface area (Å²) >= 11 is 5.91. The van der Waals surface area contributed by atoms with Crippen LogP contribution >= 0.6 is 11.6 Å². The summed E-state index contributed by atoms with van der Waals surface area (Å²) in [4.78, 5) is 17.0. The molecule has 0 aliphatic rings. The van der Waals surface area contributed by atoms with Crippen LogP contribution in [0.15, 0.2) is 53.3 Å². The number of aryl methyl sites for hydroxylation is 1. The van der Waals surface area contributed by atoms with Crippen LogP contribution in [-0.4, -0.2) is 35.3 Å². The predicted octanol–water partition coefficient (Wildman–Crippen LogP) is 5.62. The number of para-hydroxylation sites is 1. The Kier molecular flexibility index (Phi) is 7.22. The lowest BCUT2D eigenvalue weighted by Crippen LogP contribution is -2.27. The van der Waals surface area contributed by atoms with E-state index in [1.54, 1.807) is 24.3 Å². The average Bonchev–Trinajstić information content (AvgIpc) is 3.39. The molecule has 0 spiro atoms. The van der Waals surface area contributed by atoms with Crippen LogP contribution in [0.3, 0.4) is 0 Å². The van der Waals surface area contributed by atoms with Crippen molar-refractivity contribution < 1.29 is 22.0 Å². The Morgan fingerprint density at radius 1 is 0.973 bits per heavy atom. The van der Waals surface area contributed by atoms with E-state index >= 15 is 0 Å². The summed E-state index contributed by atoms with van der Waals surface area (Å²) in [7, 11) is 0. The predicted molar refractivity (Wildman–Crippen MR) is 127 cm³/mol. The first-order valence-corrected chi connectivity index (χ1v) is 11.7. The van der Waals surface area contributed by atoms with Crippen molar-refractivity contribution in [1.82, 2.24) is 29.1 Å². The second-order valence-corrected chi connectivity index (χ2v) is 8.86. The van der Waals surface area contributed by atoms with E-state index in [4.69, 9.17) is 11.6 Å². The third-order valence-electron chi connectivity index (χ3n) is 5.58. The van der Waals surface area contributed by atoms with Gasteiger partial charge in [0.15, 0.2) is 11.6 Å². The molecule has 0 aliphatic heterocycles. The van der Waals surface area contributed by atoms with Crippen LogP contribution in [0.25, 0.3) is 17.1 Å². The van der Waals surface area contributed by atoms with Crippen LogP contribution in [0.4, 0.5) is 22.0 Å². The SMILES string of the molecule is CCc1ccccc1-n1nc(Cn2nc(-c3ccc(Cl)cc3)n(CCC(F)(F)F)c2=O)nc1C(C)(F)F. The topological polar surface area (TPSA) is 70.5 Å². The Hall–Kier alpha value is -3.54. The maximum absolute atomic E-state index is 14.5. The molecule has 0 bridgehead atoms. The number of nitrogens with zero attached hydrogens (tertiary/aromatic N) is 6. The lowest BCUT2D eigenvalue weighted by atomic mass is 10.1. The van der Waals surface area contributed by atoms with Gasteiger partial charge in [-0.15, -0.1) is 10.2 Å². The van der Waals surface area contributed by atoms with Gasteiger partial charge < -0.3 is 0 Å². The summed E-state index contributed by atoms with van der Waals surface area (Å²) in [6.07, 6.45) is -5.22. The van der Waals surface area contributed by atoms with Gasteiger partial charge in [0.2, 0.25) is 5.82 Å². The smallest absolute Gasteiger partial charge is 0.275 e. The van der Waals surface area contributed by atoms with E-state index in [9.17, 15) is 26.7 Å². The minimum absolute atomic E-state index is 0.0253. The summed E-state index contributed by atoms with van der Waals surface area (Å²) < 4.78 is 70.5. The highest BCUT2D eigenvalue weighted by molar-refractivity contribution is 6.30. The molecule has 196 valence electrons. The van der Waals surface area contributed by atoms with Gasteiger partial charge in [0.25, 0.3) is 0 Å². The van der Waals surface area contributed by atoms with Gasteiger partial charge in [-0.25, -0.2) is 19.1 Å². The van der Waals surface area contributed by atoms with Gasteiger partial charge in [-0.3, -0.25) is 4.57 Å². The van der Waals surface area contributed by atoms with Crippen LogP contribution in [0.2, 0.25) is 5.02 Å². The van der Waals surface area contributed by atoms with E-state index < -0.39 is 43.1 Å². The first-order valence-electron chi connectivity index (χ1n) is 11.3. The molecule has 37 heavy (non-hydrogen) atoms. The molecule has 4 aromatic rings. The minimum Gasteiger partial charge on any atom is -0.275 e. The first kappa shape index (κ1) is 26.5. The van der Waals surface area contributed by atoms with Gasteiger partial charge in [0.1, 0.15) is 6.54 Å². The summed E-state index contributed by atoms with van der Waals surface area (Å²) in [6.45, 7) is 1.45. The van der Waals surface area contributed by atoms with E-state index in [0.717, 1.165) is 19.5 Å². The normalized spacial score (nSPS) is 12.3. The number of rotatable bonds is 8. The molecule has 13 heteroatoms. The molecule has 0 unspecified atom stereocenters. The highest BCUT2D eigenvalue weighted by Gasteiger charge is 2.34. The number of alkyl halides is 5. The van der Waals surface area contributed by atoms with Crippen molar-refractivity contribution in [3.05, 3.63) is 81.3 Å². The third-order valence-corrected chi connectivity index (χ3v) is 5.83. The Bertz CT molecular complexity index is 1450. The fourth-order valence-corrected chi connectivity index (χ4v) is 3.95. The molecular formula is C24H22ClF5N6O. The van der Waals surface area contributed by atoms with Gasteiger partial charge in [0, 0.05) is 24.1 Å². The molecule has 2 aromatic heterocycles. The van der Waals surface area contributed by atoms with E-state index in [2.05, 4.69) is 15.2 Å². The van der Waals surface area contributed by atoms with E-state index in [0.29, 0.717) is 29.6 Å². The maximum atomic E-state index is 14.5. The van der Waals surface area contributed by atoms with Crippen molar-refractivity contribution in [2.24, 2.45) is 0 Å². The van der Waals surface area contributed by atoms with Gasteiger partial charge in [-0.1, -0.05) is 36.7 Å². The summed E-state index contributed by atoms with van der Waals surface area (Å²) in [5, 5.41) is 8.80. The Morgan fingerprint density at radius 3 is 2.27 bits per heavy atom. The molecule has 2 aromatic carbocycles. The van der Waals surface area contributed by atoms with Crippen molar-refractivity contribution in [2.75, 3.05) is 0 Å². The van der Waals surface area contributed by atoms with Crippen molar-refractivity contribution in [3.63, 3.8) is 0 Å². The second kappa shape index (κ2) is 10.1. The molecule has 0 saturated heterocycles. The second-order valence-electron chi connectivity index (χ2n) is 8.42. The molecule has 2 heterocycles. The lowest BCUT2D eigenvalue weighted by Gasteiger charge is -2.13. The maximum Gasteiger partial charge on any atom is 0.390 e. The number of hydrogen-bond donors (Lipinski definition) is 0. The zero-order valence-electron chi connectivity index (χ0n) is 19.8. The molecule has 0 amide bonds. The largest absolute Gasteiger partial charge is 0.390 e. The summed E-state index contributed by atoms with van der Waals surface area (Å²) in [5.74, 6) is -4.17. The third kappa shape index (κ3) is 5.90. The molecule has 0 N–H and O–H groups in total. The molecule has 0 radical (unpaired) electrons. The van der Waals surface area contributed by atoms with E-state index in [1.165, 1.54) is 24.3 Å². The van der Waals surface area contributed by atoms with Crippen LogP contribution in [-0.2, 0) is 25.4 Å². The highest BCUT2D eigenvalue weighted by Crippen LogP contribution is 2.29. The van der Waals surface area contributed by atoms with Gasteiger partial charge in [-0.05, 0) is 42.3 Å². The Balaban J connectivity index is 1.78. The average molecular weight is 541 g/mol. The highest BCUT2D eigenvalue weighted by atomic mass is 35.5. The van der Waals surface area contributed by atoms with Crippen LogP contribution < -0.4 is 5.69 Å². The fraction of sp³-hybridized carbons (Fsp3) is 0.333. The molecule has 4 rings (SSSR count). The van der Waals surface area contributed by atoms with Crippen LogP contribution in [0, 0.1) is 0 Å². The Morgan fingerprint density at radius 2 is 1.65 bits per heavy atom. The molecule has 0 atom stereocenters. The number of halogens is 6. The van der Waals surface area contributed by atoms with Crippen LogP contribution in [0.1, 0.15) is 37.5 Å².